The smallest absolute Gasteiger partial charge is 0.319 e. The van der Waals surface area contributed by atoms with Crippen LogP contribution < -0.4 is 10.6 Å². The monoisotopic (exact) mass is 392 g/mol. The molecule has 2 fully saturated rings. The number of sulfone groups is 1. The van der Waals surface area contributed by atoms with Crippen molar-refractivity contribution in [2.45, 2.75) is 30.9 Å². The summed E-state index contributed by atoms with van der Waals surface area (Å²) in [6.07, 6.45) is 1.63. The molecule has 2 amide bonds. The summed E-state index contributed by atoms with van der Waals surface area (Å²) in [4.78, 5) is 12.2. The van der Waals surface area contributed by atoms with Gasteiger partial charge in [-0.3, -0.25) is 0 Å². The van der Waals surface area contributed by atoms with Crippen LogP contribution >= 0.6 is 23.2 Å². The fourth-order valence-electron chi connectivity index (χ4n) is 3.29. The van der Waals surface area contributed by atoms with Crippen molar-refractivity contribution in [3.05, 3.63) is 28.2 Å². The maximum atomic E-state index is 12.2. The predicted molar refractivity (Wildman–Crippen MR) is 93.6 cm³/mol. The van der Waals surface area contributed by atoms with E-state index in [0.717, 1.165) is 0 Å². The fourth-order valence-corrected chi connectivity index (χ4v) is 5.79. The molecule has 3 rings (SSSR count). The first-order chi connectivity index (χ1) is 11.3. The third kappa shape index (κ3) is 4.33. The highest BCUT2D eigenvalue weighted by Gasteiger charge is 2.46. The van der Waals surface area contributed by atoms with Gasteiger partial charge in [0.25, 0.3) is 0 Å². The minimum Gasteiger partial charge on any atom is -0.374 e. The number of ether oxygens (including phenoxy) is 1. The quantitative estimate of drug-likeness (QED) is 0.809. The van der Waals surface area contributed by atoms with E-state index in [1.807, 2.05) is 0 Å². The fraction of sp³-hybridized carbons (Fsp3) is 0.533. The van der Waals surface area contributed by atoms with Crippen LogP contribution in [-0.2, 0) is 14.6 Å². The molecule has 1 aromatic rings. The average Bonchev–Trinajstić information content (AvgIpc) is 2.72. The molecule has 1 aromatic carbocycles. The van der Waals surface area contributed by atoms with Gasteiger partial charge in [-0.2, -0.15) is 0 Å². The molecule has 132 valence electrons. The first kappa shape index (κ1) is 17.8. The predicted octanol–water partition coefficient (Wildman–Crippen LogP) is 2.85. The highest BCUT2D eigenvalue weighted by molar-refractivity contribution is 7.91. The molecule has 0 aromatic heterocycles. The van der Waals surface area contributed by atoms with E-state index < -0.39 is 15.4 Å². The normalized spacial score (nSPS) is 28.7. The number of carbonyl (C=O) groups is 1. The number of amides is 2. The molecule has 2 unspecified atom stereocenters. The molecule has 2 N–H and O–H groups in total. The van der Waals surface area contributed by atoms with Crippen LogP contribution in [0, 0.1) is 0 Å². The maximum Gasteiger partial charge on any atom is 0.319 e. The molecule has 2 atom stereocenters. The summed E-state index contributed by atoms with van der Waals surface area (Å²) in [6, 6.07) is 4.26. The van der Waals surface area contributed by atoms with E-state index in [2.05, 4.69) is 10.6 Å². The van der Waals surface area contributed by atoms with Crippen LogP contribution in [0.5, 0.6) is 0 Å². The molecule has 0 aliphatic carbocycles. The second-order valence-corrected chi connectivity index (χ2v) is 9.38. The summed E-state index contributed by atoms with van der Waals surface area (Å²) in [6.45, 7) is 0.434. The van der Waals surface area contributed by atoms with Gasteiger partial charge in [0.15, 0.2) is 9.84 Å². The van der Waals surface area contributed by atoms with Crippen molar-refractivity contribution in [2.75, 3.05) is 23.4 Å². The number of anilines is 1. The second kappa shape index (κ2) is 6.71. The van der Waals surface area contributed by atoms with Crippen LogP contribution in [-0.4, -0.2) is 44.2 Å². The van der Waals surface area contributed by atoms with Gasteiger partial charge in [0.2, 0.25) is 0 Å². The van der Waals surface area contributed by atoms with Gasteiger partial charge < -0.3 is 15.4 Å². The molecule has 9 heteroatoms. The molecule has 2 heterocycles. The number of rotatable bonds is 2. The molecular formula is C15H18Cl2N2O4S. The third-order valence-corrected chi connectivity index (χ3v) is 6.53. The number of hydrogen-bond acceptors (Lipinski definition) is 4. The Labute approximate surface area is 150 Å². The zero-order valence-electron chi connectivity index (χ0n) is 12.8. The second-order valence-electron chi connectivity index (χ2n) is 6.32. The van der Waals surface area contributed by atoms with E-state index in [-0.39, 0.29) is 23.6 Å². The van der Waals surface area contributed by atoms with E-state index in [1.54, 1.807) is 18.2 Å². The lowest BCUT2D eigenvalue weighted by molar-refractivity contribution is -0.0685. The van der Waals surface area contributed by atoms with Crippen molar-refractivity contribution >= 4 is 44.8 Å². The van der Waals surface area contributed by atoms with Crippen LogP contribution in [0.4, 0.5) is 10.5 Å². The number of hydrogen-bond donors (Lipinski definition) is 2. The molecule has 0 bridgehead atoms. The summed E-state index contributed by atoms with van der Waals surface area (Å²) in [5, 5.41) is 6.42. The molecule has 2 saturated heterocycles. The van der Waals surface area contributed by atoms with Crippen LogP contribution in [0.15, 0.2) is 18.2 Å². The topological polar surface area (TPSA) is 84.5 Å². The van der Waals surface area contributed by atoms with Crippen LogP contribution in [0.25, 0.3) is 0 Å². The highest BCUT2D eigenvalue weighted by atomic mass is 35.5. The van der Waals surface area contributed by atoms with Crippen molar-refractivity contribution in [3.8, 4) is 0 Å². The Balaban J connectivity index is 1.60. The molecule has 24 heavy (non-hydrogen) atoms. The lowest BCUT2D eigenvalue weighted by atomic mass is 9.90. The molecule has 0 radical (unpaired) electrons. The number of halogens is 2. The van der Waals surface area contributed by atoms with Crippen molar-refractivity contribution in [1.29, 1.82) is 0 Å². The third-order valence-electron chi connectivity index (χ3n) is 4.30. The molecular weight excluding hydrogens is 375 g/mol. The highest BCUT2D eigenvalue weighted by Crippen LogP contribution is 2.35. The summed E-state index contributed by atoms with van der Waals surface area (Å²) in [5.41, 5.74) is -0.163. The largest absolute Gasteiger partial charge is 0.374 e. The molecule has 2 aliphatic rings. The standard InChI is InChI=1S/C15H18Cl2N2O4S/c16-10-5-11(17)7-13(6-10)19-14(20)18-12-1-3-23-15(8-12)2-4-24(21,22)9-15/h5-7,12H,1-4,8-9H2,(H2,18,19,20). The van der Waals surface area contributed by atoms with E-state index in [9.17, 15) is 13.2 Å². The Morgan fingerprint density at radius 3 is 2.58 bits per heavy atom. The van der Waals surface area contributed by atoms with Gasteiger partial charge in [-0.05, 0) is 37.5 Å². The SMILES string of the molecule is O=C(Nc1cc(Cl)cc(Cl)c1)NC1CCOC2(CCS(=O)(=O)C2)C1. The van der Waals surface area contributed by atoms with Crippen molar-refractivity contribution < 1.29 is 17.9 Å². The van der Waals surface area contributed by atoms with Crippen LogP contribution in [0.3, 0.4) is 0 Å². The van der Waals surface area contributed by atoms with Gasteiger partial charge in [0.1, 0.15) is 0 Å². The Hall–Kier alpha value is -1.02. The lowest BCUT2D eigenvalue weighted by Gasteiger charge is -2.37. The summed E-state index contributed by atoms with van der Waals surface area (Å²) < 4.78 is 29.2. The van der Waals surface area contributed by atoms with E-state index in [1.165, 1.54) is 0 Å². The summed E-state index contributed by atoms with van der Waals surface area (Å²) in [5.74, 6) is 0.177. The Morgan fingerprint density at radius 1 is 1.25 bits per heavy atom. The summed E-state index contributed by atoms with van der Waals surface area (Å²) >= 11 is 11.8. The van der Waals surface area contributed by atoms with Crippen molar-refractivity contribution in [3.63, 3.8) is 0 Å². The zero-order valence-corrected chi connectivity index (χ0v) is 15.2. The summed E-state index contributed by atoms with van der Waals surface area (Å²) in [7, 11) is -3.05. The maximum absolute atomic E-state index is 12.2. The van der Waals surface area contributed by atoms with Crippen molar-refractivity contribution in [2.24, 2.45) is 0 Å². The first-order valence-electron chi connectivity index (χ1n) is 7.63. The number of benzene rings is 1. The number of nitrogens with one attached hydrogen (secondary N) is 2. The molecule has 6 nitrogen and oxygen atoms in total. The zero-order chi connectivity index (χ0) is 17.4. The number of urea groups is 1. The minimum absolute atomic E-state index is 0.0314. The lowest BCUT2D eigenvalue weighted by Crippen LogP contribution is -2.50. The Bertz CT molecular complexity index is 736. The minimum atomic E-state index is -3.05. The molecule has 2 aliphatic heterocycles. The van der Waals surface area contributed by atoms with Gasteiger partial charge in [-0.1, -0.05) is 23.2 Å². The van der Waals surface area contributed by atoms with E-state index in [0.29, 0.717) is 41.6 Å². The van der Waals surface area contributed by atoms with Gasteiger partial charge in [0, 0.05) is 28.4 Å². The van der Waals surface area contributed by atoms with Gasteiger partial charge in [0.05, 0.1) is 17.1 Å². The van der Waals surface area contributed by atoms with Gasteiger partial charge in [-0.25, -0.2) is 13.2 Å². The van der Waals surface area contributed by atoms with Gasteiger partial charge >= 0.3 is 6.03 Å². The average molecular weight is 393 g/mol. The van der Waals surface area contributed by atoms with Crippen LogP contribution in [0.2, 0.25) is 10.0 Å². The van der Waals surface area contributed by atoms with Gasteiger partial charge in [-0.15, -0.1) is 0 Å². The molecule has 1 spiro atoms. The van der Waals surface area contributed by atoms with E-state index in [4.69, 9.17) is 27.9 Å². The van der Waals surface area contributed by atoms with E-state index >= 15 is 0 Å². The first-order valence-corrected chi connectivity index (χ1v) is 10.2. The Morgan fingerprint density at radius 2 is 1.96 bits per heavy atom. The molecule has 0 saturated carbocycles. The Kier molecular flexibility index (Phi) is 4.97. The van der Waals surface area contributed by atoms with Crippen LogP contribution in [0.1, 0.15) is 19.3 Å². The number of carbonyl (C=O) groups excluding carboxylic acids is 1. The van der Waals surface area contributed by atoms with Crippen molar-refractivity contribution in [1.82, 2.24) is 5.32 Å².